The second kappa shape index (κ2) is 9.39. The first-order valence-corrected chi connectivity index (χ1v) is 9.63. The lowest BCUT2D eigenvalue weighted by atomic mass is 10.1. The highest BCUT2D eigenvalue weighted by Crippen LogP contribution is 2.32. The molecular formula is C24H23N3O2. The van der Waals surface area contributed by atoms with Gasteiger partial charge in [0.2, 0.25) is 0 Å². The molecule has 2 heterocycles. The molecule has 146 valence electrons. The fraction of sp³-hybridized carbons (Fsp3) is 0.208. The second-order valence-corrected chi connectivity index (χ2v) is 5.69. The molecule has 2 aromatic carbocycles. The molecule has 0 N–H and O–H groups in total. The molecule has 0 unspecified atom stereocenters. The van der Waals surface area contributed by atoms with Gasteiger partial charge in [-0.25, -0.2) is 0 Å². The van der Waals surface area contributed by atoms with Crippen molar-refractivity contribution in [3.8, 4) is 17.8 Å². The molecule has 0 saturated heterocycles. The number of para-hydroxylation sites is 1. The van der Waals surface area contributed by atoms with Crippen LogP contribution in [0.25, 0.3) is 27.8 Å². The van der Waals surface area contributed by atoms with E-state index in [1.807, 2.05) is 58.0 Å². The summed E-state index contributed by atoms with van der Waals surface area (Å²) in [6.45, 7) is 9.72. The van der Waals surface area contributed by atoms with Gasteiger partial charge in [-0.3, -0.25) is 9.36 Å². The standard InChI is InChI=1S/C20H11N3O2.2C2H6/c1-12-16(11-22)20(24)23(14-8-6-13(10-21)7-9-14)18-15-4-2-3-5-17(15)25-19(12)18;2*1-2/h2-9H,1H3;2*1-2H3. The lowest BCUT2D eigenvalue weighted by Gasteiger charge is -2.10. The molecule has 0 aliphatic rings. The molecule has 0 aliphatic carbocycles. The van der Waals surface area contributed by atoms with Crippen molar-refractivity contribution in [1.29, 1.82) is 10.5 Å². The monoisotopic (exact) mass is 385 g/mol. The van der Waals surface area contributed by atoms with Gasteiger partial charge in [0, 0.05) is 16.6 Å². The van der Waals surface area contributed by atoms with Crippen molar-refractivity contribution in [2.75, 3.05) is 0 Å². The summed E-state index contributed by atoms with van der Waals surface area (Å²) >= 11 is 0. The fourth-order valence-electron chi connectivity index (χ4n) is 3.06. The quantitative estimate of drug-likeness (QED) is 0.412. The second-order valence-electron chi connectivity index (χ2n) is 5.69. The molecule has 0 saturated carbocycles. The molecule has 0 fully saturated rings. The van der Waals surface area contributed by atoms with Gasteiger partial charge in [-0.15, -0.1) is 0 Å². The van der Waals surface area contributed by atoms with Gasteiger partial charge in [-0.05, 0) is 43.3 Å². The van der Waals surface area contributed by atoms with E-state index >= 15 is 0 Å². The molecule has 0 aliphatic heterocycles. The number of hydrogen-bond donors (Lipinski definition) is 0. The summed E-state index contributed by atoms with van der Waals surface area (Å²) < 4.78 is 7.40. The third-order valence-electron chi connectivity index (χ3n) is 4.29. The molecule has 2 aromatic heterocycles. The zero-order chi connectivity index (χ0) is 21.6. The lowest BCUT2D eigenvalue weighted by molar-refractivity contribution is 0.663. The van der Waals surface area contributed by atoms with Gasteiger partial charge < -0.3 is 4.42 Å². The summed E-state index contributed by atoms with van der Waals surface area (Å²) in [6.07, 6.45) is 0. The molecule has 0 amide bonds. The smallest absolute Gasteiger partial charge is 0.274 e. The molecule has 0 radical (unpaired) electrons. The summed E-state index contributed by atoms with van der Waals surface area (Å²) in [5, 5.41) is 19.2. The van der Waals surface area contributed by atoms with Crippen LogP contribution < -0.4 is 5.56 Å². The Morgan fingerprint density at radius 3 is 2.10 bits per heavy atom. The third kappa shape index (κ3) is 3.63. The van der Waals surface area contributed by atoms with Gasteiger partial charge in [0.15, 0.2) is 5.58 Å². The minimum absolute atomic E-state index is 0.0518. The van der Waals surface area contributed by atoms with E-state index in [4.69, 9.17) is 9.68 Å². The van der Waals surface area contributed by atoms with Crippen LogP contribution in [0.2, 0.25) is 0 Å². The van der Waals surface area contributed by atoms with Crippen LogP contribution in [-0.4, -0.2) is 4.57 Å². The van der Waals surface area contributed by atoms with E-state index in [-0.39, 0.29) is 5.56 Å². The molecule has 0 spiro atoms. The van der Waals surface area contributed by atoms with Gasteiger partial charge in [0.1, 0.15) is 22.7 Å². The van der Waals surface area contributed by atoms with Gasteiger partial charge in [0.05, 0.1) is 11.6 Å². The topological polar surface area (TPSA) is 82.7 Å². The van der Waals surface area contributed by atoms with Crippen molar-refractivity contribution in [2.45, 2.75) is 34.6 Å². The Morgan fingerprint density at radius 2 is 1.52 bits per heavy atom. The summed E-state index contributed by atoms with van der Waals surface area (Å²) in [5.41, 5.74) is 3.05. The van der Waals surface area contributed by atoms with E-state index in [9.17, 15) is 10.1 Å². The molecule has 0 atom stereocenters. The minimum atomic E-state index is -0.399. The molecule has 29 heavy (non-hydrogen) atoms. The van der Waals surface area contributed by atoms with Crippen molar-refractivity contribution >= 4 is 22.1 Å². The van der Waals surface area contributed by atoms with Crippen molar-refractivity contribution in [3.63, 3.8) is 0 Å². The van der Waals surface area contributed by atoms with Crippen molar-refractivity contribution < 1.29 is 4.42 Å². The van der Waals surface area contributed by atoms with Crippen LogP contribution in [0.5, 0.6) is 0 Å². The Hall–Kier alpha value is -3.83. The highest BCUT2D eigenvalue weighted by molar-refractivity contribution is 6.04. The van der Waals surface area contributed by atoms with Crippen LogP contribution >= 0.6 is 0 Å². The van der Waals surface area contributed by atoms with E-state index in [0.717, 1.165) is 5.39 Å². The summed E-state index contributed by atoms with van der Waals surface area (Å²) in [6, 6.07) is 18.1. The number of fused-ring (bicyclic) bond motifs is 3. The van der Waals surface area contributed by atoms with Crippen LogP contribution in [0.4, 0.5) is 0 Å². The maximum Gasteiger partial charge on any atom is 0.274 e. The third-order valence-corrected chi connectivity index (χ3v) is 4.29. The van der Waals surface area contributed by atoms with E-state index in [0.29, 0.717) is 33.5 Å². The average Bonchev–Trinajstić information content (AvgIpc) is 3.17. The van der Waals surface area contributed by atoms with E-state index < -0.39 is 5.56 Å². The number of rotatable bonds is 1. The van der Waals surface area contributed by atoms with Crippen molar-refractivity contribution in [1.82, 2.24) is 4.57 Å². The highest BCUT2D eigenvalue weighted by atomic mass is 16.3. The van der Waals surface area contributed by atoms with Crippen molar-refractivity contribution in [3.05, 3.63) is 75.6 Å². The SMILES string of the molecule is CC.CC.Cc1c(C#N)c(=O)n(-c2ccc(C#N)cc2)c2c1oc1ccccc12. The normalized spacial score (nSPS) is 9.62. The Bertz CT molecular complexity index is 1280. The number of furan rings is 1. The Morgan fingerprint density at radius 1 is 0.897 bits per heavy atom. The van der Waals surface area contributed by atoms with Gasteiger partial charge in [0.25, 0.3) is 5.56 Å². The van der Waals surface area contributed by atoms with Crippen LogP contribution in [0, 0.1) is 29.6 Å². The molecule has 4 aromatic rings. The lowest BCUT2D eigenvalue weighted by Crippen LogP contribution is -2.22. The van der Waals surface area contributed by atoms with E-state index in [1.165, 1.54) is 4.57 Å². The van der Waals surface area contributed by atoms with Gasteiger partial charge >= 0.3 is 0 Å². The maximum absolute atomic E-state index is 13.0. The van der Waals surface area contributed by atoms with Gasteiger partial charge in [-0.1, -0.05) is 39.8 Å². The summed E-state index contributed by atoms with van der Waals surface area (Å²) in [7, 11) is 0. The Labute approximate surface area is 170 Å². The predicted molar refractivity (Wildman–Crippen MR) is 116 cm³/mol. The number of hydrogen-bond acceptors (Lipinski definition) is 4. The van der Waals surface area contributed by atoms with Gasteiger partial charge in [-0.2, -0.15) is 10.5 Å². The highest BCUT2D eigenvalue weighted by Gasteiger charge is 2.20. The fourth-order valence-corrected chi connectivity index (χ4v) is 3.06. The Balaban J connectivity index is 0.000000707. The number of pyridine rings is 1. The maximum atomic E-state index is 13.0. The summed E-state index contributed by atoms with van der Waals surface area (Å²) in [5.74, 6) is 0. The first-order chi connectivity index (χ1) is 14.2. The van der Waals surface area contributed by atoms with Crippen LogP contribution in [0.1, 0.15) is 44.4 Å². The molecule has 5 heteroatoms. The number of benzene rings is 2. The van der Waals surface area contributed by atoms with Crippen LogP contribution in [-0.2, 0) is 0 Å². The predicted octanol–water partition coefficient (Wildman–Crippen LogP) is 5.84. The molecule has 0 bridgehead atoms. The van der Waals surface area contributed by atoms with Crippen LogP contribution in [0.3, 0.4) is 0 Å². The minimum Gasteiger partial charge on any atom is -0.454 e. The van der Waals surface area contributed by atoms with Crippen molar-refractivity contribution in [2.24, 2.45) is 0 Å². The summed E-state index contributed by atoms with van der Waals surface area (Å²) in [4.78, 5) is 13.0. The average molecular weight is 385 g/mol. The molecule has 4 rings (SSSR count). The number of aromatic nitrogens is 1. The molecule has 5 nitrogen and oxygen atoms in total. The zero-order valence-corrected chi connectivity index (χ0v) is 17.3. The first kappa shape index (κ1) is 21.5. The number of nitriles is 2. The van der Waals surface area contributed by atoms with Crippen LogP contribution in [0.15, 0.2) is 57.7 Å². The number of nitrogens with zero attached hydrogens (tertiary/aromatic N) is 3. The van der Waals surface area contributed by atoms with E-state index in [2.05, 4.69) is 6.07 Å². The largest absolute Gasteiger partial charge is 0.454 e. The molecular weight excluding hydrogens is 362 g/mol. The zero-order valence-electron chi connectivity index (χ0n) is 17.3. The van der Waals surface area contributed by atoms with E-state index in [1.54, 1.807) is 31.2 Å². The number of aryl methyl sites for hydroxylation is 1. The Kier molecular flexibility index (Phi) is 6.95. The first-order valence-electron chi connectivity index (χ1n) is 9.63.